The van der Waals surface area contributed by atoms with Crippen molar-refractivity contribution in [2.75, 3.05) is 4.90 Å². The first-order chi connectivity index (χ1) is 15.1. The first kappa shape index (κ1) is 20.5. The van der Waals surface area contributed by atoms with Crippen LogP contribution in [0.2, 0.25) is 0 Å². The predicted molar refractivity (Wildman–Crippen MR) is 119 cm³/mol. The molecule has 1 fully saturated rings. The van der Waals surface area contributed by atoms with Gasteiger partial charge >= 0.3 is 0 Å². The molecule has 0 saturated carbocycles. The van der Waals surface area contributed by atoms with Gasteiger partial charge < -0.3 is 4.90 Å². The maximum Gasteiger partial charge on any atom is 0.257 e. The Balaban J connectivity index is 1.68. The lowest BCUT2D eigenvalue weighted by molar-refractivity contribution is -0.140. The second kappa shape index (κ2) is 8.96. The highest BCUT2D eigenvalue weighted by molar-refractivity contribution is 6.23. The smallest absolute Gasteiger partial charge is 0.257 e. The second-order valence-corrected chi connectivity index (χ2v) is 7.67. The molecule has 3 aromatic carbocycles. The Labute approximate surface area is 181 Å². The lowest BCUT2D eigenvalue weighted by atomic mass is 10.0. The van der Waals surface area contributed by atoms with Gasteiger partial charge in [-0.3, -0.25) is 14.4 Å². The second-order valence-electron chi connectivity index (χ2n) is 7.67. The predicted octanol–water partition coefficient (Wildman–Crippen LogP) is 4.15. The molecule has 5 heteroatoms. The van der Waals surface area contributed by atoms with Gasteiger partial charge in [-0.15, -0.1) is 0 Å². The van der Waals surface area contributed by atoms with Crippen LogP contribution in [0.4, 0.5) is 5.69 Å². The number of hydrogen-bond acceptors (Lipinski definition) is 3. The van der Waals surface area contributed by atoms with Crippen molar-refractivity contribution < 1.29 is 14.4 Å². The van der Waals surface area contributed by atoms with Crippen LogP contribution in [0.1, 0.15) is 30.5 Å². The van der Waals surface area contributed by atoms with Crippen LogP contribution in [0.25, 0.3) is 0 Å². The number of amides is 3. The summed E-state index contributed by atoms with van der Waals surface area (Å²) in [6.07, 6.45) is 0.146. The molecule has 5 nitrogen and oxygen atoms in total. The zero-order valence-corrected chi connectivity index (χ0v) is 17.3. The minimum absolute atomic E-state index is 0.0224. The average molecular weight is 412 g/mol. The lowest BCUT2D eigenvalue weighted by Crippen LogP contribution is -2.47. The normalized spacial score (nSPS) is 16.9. The van der Waals surface area contributed by atoms with Crippen molar-refractivity contribution in [3.8, 4) is 0 Å². The Hall–Kier alpha value is -3.73. The highest BCUT2D eigenvalue weighted by Crippen LogP contribution is 2.31. The molecule has 3 aromatic rings. The van der Waals surface area contributed by atoms with Crippen LogP contribution in [-0.4, -0.2) is 28.7 Å². The van der Waals surface area contributed by atoms with E-state index in [1.165, 1.54) is 4.90 Å². The van der Waals surface area contributed by atoms with Crippen LogP contribution < -0.4 is 4.90 Å². The Bertz CT molecular complexity index is 1070. The molecule has 156 valence electrons. The SMILES string of the molecule is CC(c1ccccc1)N(C(=O)Cc1ccccc1)C1CC(=O)N(c2ccccc2)C1=O. The number of rotatable bonds is 6. The van der Waals surface area contributed by atoms with Gasteiger partial charge in [0.15, 0.2) is 0 Å². The molecule has 0 radical (unpaired) electrons. The van der Waals surface area contributed by atoms with E-state index in [2.05, 4.69) is 0 Å². The molecular formula is C26H24N2O3. The highest BCUT2D eigenvalue weighted by atomic mass is 16.2. The minimum Gasteiger partial charge on any atom is -0.323 e. The van der Waals surface area contributed by atoms with Crippen molar-refractivity contribution in [1.29, 1.82) is 0 Å². The largest absolute Gasteiger partial charge is 0.323 e. The van der Waals surface area contributed by atoms with E-state index < -0.39 is 6.04 Å². The van der Waals surface area contributed by atoms with Gasteiger partial charge in [0.25, 0.3) is 5.91 Å². The summed E-state index contributed by atoms with van der Waals surface area (Å²) in [6, 6.07) is 26.7. The molecule has 0 bridgehead atoms. The molecule has 4 rings (SSSR count). The van der Waals surface area contributed by atoms with Crippen molar-refractivity contribution in [2.45, 2.75) is 31.8 Å². The van der Waals surface area contributed by atoms with Crippen LogP contribution in [0.15, 0.2) is 91.0 Å². The van der Waals surface area contributed by atoms with Crippen LogP contribution >= 0.6 is 0 Å². The fourth-order valence-electron chi connectivity index (χ4n) is 4.10. The van der Waals surface area contributed by atoms with E-state index in [1.54, 1.807) is 29.2 Å². The number of anilines is 1. The van der Waals surface area contributed by atoms with Gasteiger partial charge in [-0.1, -0.05) is 78.9 Å². The van der Waals surface area contributed by atoms with Gasteiger partial charge in [-0.2, -0.15) is 0 Å². The summed E-state index contributed by atoms with van der Waals surface area (Å²) in [6.45, 7) is 1.90. The monoisotopic (exact) mass is 412 g/mol. The molecule has 0 aliphatic carbocycles. The molecule has 31 heavy (non-hydrogen) atoms. The van der Waals surface area contributed by atoms with Gasteiger partial charge in [-0.25, -0.2) is 4.90 Å². The molecular weight excluding hydrogens is 388 g/mol. The molecule has 1 saturated heterocycles. The number of carbonyl (C=O) groups is 3. The zero-order valence-electron chi connectivity index (χ0n) is 17.3. The fraction of sp³-hybridized carbons (Fsp3) is 0.192. The molecule has 0 aromatic heterocycles. The van der Waals surface area contributed by atoms with Gasteiger partial charge in [0, 0.05) is 0 Å². The third kappa shape index (κ3) is 4.26. The highest BCUT2D eigenvalue weighted by Gasteiger charge is 2.45. The number of imide groups is 1. The number of carbonyl (C=O) groups excluding carboxylic acids is 3. The Kier molecular flexibility index (Phi) is 5.94. The summed E-state index contributed by atoms with van der Waals surface area (Å²) in [5, 5.41) is 0. The van der Waals surface area contributed by atoms with Crippen molar-refractivity contribution in [1.82, 2.24) is 4.90 Å². The molecule has 2 atom stereocenters. The standard InChI is InChI=1S/C26H24N2O3/c1-19(21-13-7-3-8-14-21)27(24(29)17-20-11-5-2-6-12-20)23-18-25(30)28(26(23)31)22-15-9-4-10-16-22/h2-16,19,23H,17-18H2,1H3. The molecule has 1 aliphatic rings. The topological polar surface area (TPSA) is 57.7 Å². The van der Waals surface area contributed by atoms with Crippen molar-refractivity contribution >= 4 is 23.4 Å². The number of nitrogens with zero attached hydrogens (tertiary/aromatic N) is 2. The Morgan fingerprint density at radius 3 is 2.06 bits per heavy atom. The van der Waals surface area contributed by atoms with Crippen LogP contribution in [0, 0.1) is 0 Å². The van der Waals surface area contributed by atoms with E-state index >= 15 is 0 Å². The third-order valence-electron chi connectivity index (χ3n) is 5.66. The maximum atomic E-state index is 13.5. The van der Waals surface area contributed by atoms with E-state index in [0.29, 0.717) is 5.69 Å². The summed E-state index contributed by atoms with van der Waals surface area (Å²) in [5.41, 5.74) is 2.32. The van der Waals surface area contributed by atoms with E-state index in [4.69, 9.17) is 0 Å². The van der Waals surface area contributed by atoms with Crippen LogP contribution in [0.3, 0.4) is 0 Å². The Morgan fingerprint density at radius 1 is 0.903 bits per heavy atom. The first-order valence-corrected chi connectivity index (χ1v) is 10.4. The number of benzene rings is 3. The summed E-state index contributed by atoms with van der Waals surface area (Å²) in [4.78, 5) is 42.4. The maximum absolute atomic E-state index is 13.5. The van der Waals surface area contributed by atoms with Gasteiger partial charge in [-0.05, 0) is 30.2 Å². The lowest BCUT2D eigenvalue weighted by Gasteiger charge is -2.34. The van der Waals surface area contributed by atoms with E-state index in [1.807, 2.05) is 73.7 Å². The zero-order chi connectivity index (χ0) is 21.8. The molecule has 3 amide bonds. The van der Waals surface area contributed by atoms with Gasteiger partial charge in [0.1, 0.15) is 6.04 Å². The van der Waals surface area contributed by atoms with Crippen molar-refractivity contribution in [2.24, 2.45) is 0 Å². The number of para-hydroxylation sites is 1. The summed E-state index contributed by atoms with van der Waals surface area (Å²) >= 11 is 0. The first-order valence-electron chi connectivity index (χ1n) is 10.4. The van der Waals surface area contributed by atoms with Crippen molar-refractivity contribution in [3.05, 3.63) is 102 Å². The third-order valence-corrected chi connectivity index (χ3v) is 5.66. The number of hydrogen-bond donors (Lipinski definition) is 0. The molecule has 1 heterocycles. The molecule has 1 aliphatic heterocycles. The minimum atomic E-state index is -0.834. The van der Waals surface area contributed by atoms with Crippen molar-refractivity contribution in [3.63, 3.8) is 0 Å². The van der Waals surface area contributed by atoms with Gasteiger partial charge in [0.05, 0.1) is 24.6 Å². The van der Waals surface area contributed by atoms with Crippen LogP contribution in [0.5, 0.6) is 0 Å². The van der Waals surface area contributed by atoms with E-state index in [0.717, 1.165) is 11.1 Å². The molecule has 0 spiro atoms. The summed E-state index contributed by atoms with van der Waals surface area (Å²) in [7, 11) is 0. The summed E-state index contributed by atoms with van der Waals surface area (Å²) < 4.78 is 0. The average Bonchev–Trinajstić information content (AvgIpc) is 3.09. The summed E-state index contributed by atoms with van der Waals surface area (Å²) in [5.74, 6) is -0.831. The van der Waals surface area contributed by atoms with E-state index in [-0.39, 0.29) is 36.6 Å². The fourth-order valence-corrected chi connectivity index (χ4v) is 4.10. The molecule has 0 N–H and O–H groups in total. The van der Waals surface area contributed by atoms with Crippen LogP contribution in [-0.2, 0) is 20.8 Å². The van der Waals surface area contributed by atoms with Gasteiger partial charge in [0.2, 0.25) is 11.8 Å². The Morgan fingerprint density at radius 2 is 1.45 bits per heavy atom. The molecule has 2 unspecified atom stereocenters. The van der Waals surface area contributed by atoms with E-state index in [9.17, 15) is 14.4 Å². The quantitative estimate of drug-likeness (QED) is 0.572.